The summed E-state index contributed by atoms with van der Waals surface area (Å²) < 4.78 is 4.69. The van der Waals surface area contributed by atoms with E-state index in [0.717, 1.165) is 6.42 Å². The smallest absolute Gasteiger partial charge is 0.402 e. The SMILES string of the molecule is CC1(C)CC1OB(O)O. The van der Waals surface area contributed by atoms with Crippen LogP contribution in [-0.2, 0) is 4.65 Å². The molecule has 1 aliphatic carbocycles. The Hall–Kier alpha value is -0.0551. The predicted molar refractivity (Wildman–Crippen MR) is 33.5 cm³/mol. The Bertz CT molecular complexity index is 113. The molecular weight excluding hydrogens is 119 g/mol. The molecule has 2 N–H and O–H groups in total. The molecule has 0 aromatic carbocycles. The van der Waals surface area contributed by atoms with Gasteiger partial charge in [-0.2, -0.15) is 0 Å². The van der Waals surface area contributed by atoms with Crippen LogP contribution in [0.1, 0.15) is 20.3 Å². The topological polar surface area (TPSA) is 49.7 Å². The lowest BCUT2D eigenvalue weighted by molar-refractivity contribution is 0.155. The van der Waals surface area contributed by atoms with E-state index in [2.05, 4.69) is 4.65 Å². The third kappa shape index (κ3) is 1.68. The van der Waals surface area contributed by atoms with Crippen LogP contribution in [-0.4, -0.2) is 23.5 Å². The van der Waals surface area contributed by atoms with Gasteiger partial charge in [0.1, 0.15) is 0 Å². The molecule has 1 unspecified atom stereocenters. The van der Waals surface area contributed by atoms with Crippen molar-refractivity contribution in [1.29, 1.82) is 0 Å². The van der Waals surface area contributed by atoms with Crippen LogP contribution in [0.5, 0.6) is 0 Å². The molecule has 0 aromatic heterocycles. The van der Waals surface area contributed by atoms with Gasteiger partial charge in [0, 0.05) is 0 Å². The molecule has 0 spiro atoms. The first-order chi connectivity index (χ1) is 4.02. The maximum atomic E-state index is 8.33. The largest absolute Gasteiger partial charge is 0.634 e. The van der Waals surface area contributed by atoms with Gasteiger partial charge in [-0.05, 0) is 11.8 Å². The summed E-state index contributed by atoms with van der Waals surface area (Å²) in [5.74, 6) is 0. The fourth-order valence-electron chi connectivity index (χ4n) is 0.798. The first-order valence-corrected chi connectivity index (χ1v) is 3.04. The Morgan fingerprint density at radius 2 is 2.00 bits per heavy atom. The number of hydrogen-bond donors (Lipinski definition) is 2. The van der Waals surface area contributed by atoms with Gasteiger partial charge in [0.15, 0.2) is 0 Å². The molecule has 3 nitrogen and oxygen atoms in total. The summed E-state index contributed by atoms with van der Waals surface area (Å²) in [6, 6.07) is 0. The number of rotatable bonds is 2. The molecule has 0 amide bonds. The second-order valence-corrected chi connectivity index (χ2v) is 3.14. The van der Waals surface area contributed by atoms with Crippen molar-refractivity contribution in [2.24, 2.45) is 5.41 Å². The van der Waals surface area contributed by atoms with Crippen molar-refractivity contribution in [2.75, 3.05) is 0 Å². The van der Waals surface area contributed by atoms with Gasteiger partial charge < -0.3 is 14.7 Å². The highest BCUT2D eigenvalue weighted by atomic mass is 16.6. The van der Waals surface area contributed by atoms with Crippen LogP contribution in [0.4, 0.5) is 0 Å². The summed E-state index contributed by atoms with van der Waals surface area (Å²) in [6.07, 6.45) is 0.961. The van der Waals surface area contributed by atoms with Crippen LogP contribution in [0.2, 0.25) is 0 Å². The standard InChI is InChI=1S/C5H11BO3/c1-5(2)3-4(5)9-6(7)8/h4,7-8H,3H2,1-2H3. The van der Waals surface area contributed by atoms with Crippen molar-refractivity contribution in [1.82, 2.24) is 0 Å². The lowest BCUT2D eigenvalue weighted by Gasteiger charge is -2.02. The third-order valence-electron chi connectivity index (χ3n) is 1.71. The van der Waals surface area contributed by atoms with Crippen LogP contribution >= 0.6 is 0 Å². The van der Waals surface area contributed by atoms with E-state index in [1.165, 1.54) is 0 Å². The molecule has 1 atom stereocenters. The summed E-state index contributed by atoms with van der Waals surface area (Å²) in [5, 5.41) is 16.7. The van der Waals surface area contributed by atoms with Gasteiger partial charge in [-0.3, -0.25) is 0 Å². The van der Waals surface area contributed by atoms with Crippen molar-refractivity contribution in [3.63, 3.8) is 0 Å². The van der Waals surface area contributed by atoms with E-state index >= 15 is 0 Å². The summed E-state index contributed by atoms with van der Waals surface area (Å²) in [4.78, 5) is 0. The number of hydrogen-bond acceptors (Lipinski definition) is 3. The lowest BCUT2D eigenvalue weighted by Crippen LogP contribution is -2.20. The molecule has 1 rings (SSSR count). The van der Waals surface area contributed by atoms with Gasteiger partial charge in [0.05, 0.1) is 6.10 Å². The highest BCUT2D eigenvalue weighted by Gasteiger charge is 2.48. The lowest BCUT2D eigenvalue weighted by atomic mass is 10.2. The quantitative estimate of drug-likeness (QED) is 0.507. The fourth-order valence-corrected chi connectivity index (χ4v) is 0.798. The Balaban J connectivity index is 2.20. The molecule has 0 bridgehead atoms. The van der Waals surface area contributed by atoms with E-state index in [4.69, 9.17) is 10.0 Å². The van der Waals surface area contributed by atoms with Crippen molar-refractivity contribution >= 4 is 7.32 Å². The van der Waals surface area contributed by atoms with Crippen LogP contribution < -0.4 is 0 Å². The normalized spacial score (nSPS) is 30.0. The van der Waals surface area contributed by atoms with Crippen molar-refractivity contribution in [2.45, 2.75) is 26.4 Å². The molecule has 0 saturated heterocycles. The van der Waals surface area contributed by atoms with E-state index in [0.29, 0.717) is 0 Å². The molecule has 52 valence electrons. The second kappa shape index (κ2) is 1.97. The second-order valence-electron chi connectivity index (χ2n) is 3.14. The van der Waals surface area contributed by atoms with E-state index < -0.39 is 7.32 Å². The molecule has 1 fully saturated rings. The van der Waals surface area contributed by atoms with Crippen LogP contribution in [0.15, 0.2) is 0 Å². The Labute approximate surface area is 54.8 Å². The molecule has 9 heavy (non-hydrogen) atoms. The zero-order valence-corrected chi connectivity index (χ0v) is 5.66. The van der Waals surface area contributed by atoms with E-state index in [9.17, 15) is 0 Å². The third-order valence-corrected chi connectivity index (χ3v) is 1.71. The summed E-state index contributed by atoms with van der Waals surface area (Å²) in [6.45, 7) is 4.06. The van der Waals surface area contributed by atoms with E-state index in [1.54, 1.807) is 0 Å². The summed E-state index contributed by atoms with van der Waals surface area (Å²) in [5.41, 5.74) is 0.156. The highest BCUT2D eigenvalue weighted by molar-refractivity contribution is 6.32. The molecule has 0 aromatic rings. The molecular formula is C5H11BO3. The Morgan fingerprint density at radius 1 is 1.56 bits per heavy atom. The first-order valence-electron chi connectivity index (χ1n) is 3.04. The maximum absolute atomic E-state index is 8.33. The highest BCUT2D eigenvalue weighted by Crippen LogP contribution is 2.47. The van der Waals surface area contributed by atoms with Crippen LogP contribution in [0, 0.1) is 5.41 Å². The summed E-state index contributed by atoms with van der Waals surface area (Å²) >= 11 is 0. The van der Waals surface area contributed by atoms with Gasteiger partial charge in [-0.25, -0.2) is 0 Å². The van der Waals surface area contributed by atoms with Crippen LogP contribution in [0.25, 0.3) is 0 Å². The molecule has 0 radical (unpaired) electrons. The molecule has 4 heteroatoms. The Morgan fingerprint density at radius 3 is 2.11 bits per heavy atom. The Kier molecular flexibility index (Phi) is 1.55. The van der Waals surface area contributed by atoms with Gasteiger partial charge in [-0.1, -0.05) is 13.8 Å². The zero-order chi connectivity index (χ0) is 7.07. The van der Waals surface area contributed by atoms with Crippen molar-refractivity contribution in [3.8, 4) is 0 Å². The first kappa shape index (κ1) is 7.06. The minimum absolute atomic E-state index is 0.0394. The maximum Gasteiger partial charge on any atom is 0.634 e. The monoisotopic (exact) mass is 130 g/mol. The van der Waals surface area contributed by atoms with E-state index in [-0.39, 0.29) is 11.5 Å². The minimum Gasteiger partial charge on any atom is -0.402 e. The zero-order valence-electron chi connectivity index (χ0n) is 5.66. The minimum atomic E-state index is -1.60. The van der Waals surface area contributed by atoms with Crippen LogP contribution in [0.3, 0.4) is 0 Å². The van der Waals surface area contributed by atoms with Gasteiger partial charge in [-0.15, -0.1) is 0 Å². The molecule has 0 aliphatic heterocycles. The van der Waals surface area contributed by atoms with Crippen molar-refractivity contribution < 1.29 is 14.7 Å². The average Bonchev–Trinajstić information content (AvgIpc) is 2.10. The average molecular weight is 130 g/mol. The van der Waals surface area contributed by atoms with Crippen molar-refractivity contribution in [3.05, 3.63) is 0 Å². The predicted octanol–water partition coefficient (Wildman–Crippen LogP) is -0.229. The van der Waals surface area contributed by atoms with E-state index in [1.807, 2.05) is 13.8 Å². The van der Waals surface area contributed by atoms with Gasteiger partial charge in [0.2, 0.25) is 0 Å². The molecule has 0 heterocycles. The molecule has 1 saturated carbocycles. The van der Waals surface area contributed by atoms with Gasteiger partial charge >= 0.3 is 7.32 Å². The van der Waals surface area contributed by atoms with Gasteiger partial charge in [0.25, 0.3) is 0 Å². The summed E-state index contributed by atoms with van der Waals surface area (Å²) in [7, 11) is -1.60. The fraction of sp³-hybridized carbons (Fsp3) is 1.00. The molecule has 1 aliphatic rings.